The van der Waals surface area contributed by atoms with Crippen molar-refractivity contribution in [1.29, 1.82) is 5.26 Å². The molecule has 152 valence electrons. The summed E-state index contributed by atoms with van der Waals surface area (Å²) in [6.45, 7) is 1.20. The Hall–Kier alpha value is -3.91. The summed E-state index contributed by atoms with van der Waals surface area (Å²) in [5.74, 6) is -1.79. The van der Waals surface area contributed by atoms with Crippen LogP contribution >= 0.6 is 0 Å². The fourth-order valence-electron chi connectivity index (χ4n) is 3.40. The lowest BCUT2D eigenvalue weighted by atomic mass is 9.86. The molecule has 2 atom stereocenters. The van der Waals surface area contributed by atoms with E-state index >= 15 is 0 Å². The number of aliphatic hydroxyl groups is 1. The first-order chi connectivity index (χ1) is 14.3. The molecule has 0 saturated carbocycles. The number of hydrogen-bond donors (Lipinski definition) is 1. The standard InChI is InChI=1S/C19H15F2N7O2/c1-12(28-18(29)27-8-13(6-22)4-15(27)7-24-28)19(30,9-26-11-23-10-25-26)16-3-2-14(20)5-17(16)21/h2-5,7-8,10-12,30H,9H2,1H3. The van der Waals surface area contributed by atoms with Crippen molar-refractivity contribution in [2.75, 3.05) is 0 Å². The Labute approximate surface area is 168 Å². The van der Waals surface area contributed by atoms with E-state index in [0.717, 1.165) is 16.8 Å². The number of halogens is 2. The van der Waals surface area contributed by atoms with Gasteiger partial charge in [-0.1, -0.05) is 6.07 Å². The van der Waals surface area contributed by atoms with E-state index in [4.69, 9.17) is 5.26 Å². The number of rotatable bonds is 5. The average molecular weight is 411 g/mol. The molecule has 3 heterocycles. The maximum Gasteiger partial charge on any atom is 0.349 e. The topological polar surface area (TPSA) is 114 Å². The molecule has 0 aliphatic rings. The molecule has 0 spiro atoms. The Bertz CT molecular complexity index is 1320. The molecule has 2 unspecified atom stereocenters. The highest BCUT2D eigenvalue weighted by Crippen LogP contribution is 2.35. The molecular weight excluding hydrogens is 396 g/mol. The van der Waals surface area contributed by atoms with Crippen molar-refractivity contribution in [2.24, 2.45) is 0 Å². The predicted octanol–water partition coefficient (Wildman–Crippen LogP) is 1.39. The normalized spacial score (nSPS) is 14.4. The van der Waals surface area contributed by atoms with Gasteiger partial charge in [-0.2, -0.15) is 15.5 Å². The molecule has 0 amide bonds. The van der Waals surface area contributed by atoms with E-state index in [2.05, 4.69) is 15.2 Å². The number of fused-ring (bicyclic) bond motifs is 1. The first-order valence-electron chi connectivity index (χ1n) is 8.84. The van der Waals surface area contributed by atoms with Crippen LogP contribution in [0.4, 0.5) is 8.78 Å². The van der Waals surface area contributed by atoms with Crippen LogP contribution in [-0.4, -0.2) is 34.1 Å². The van der Waals surface area contributed by atoms with Gasteiger partial charge in [-0.25, -0.2) is 27.9 Å². The lowest BCUT2D eigenvalue weighted by Crippen LogP contribution is -2.45. The summed E-state index contributed by atoms with van der Waals surface area (Å²) in [4.78, 5) is 16.8. The van der Waals surface area contributed by atoms with Crippen LogP contribution in [0.25, 0.3) is 5.52 Å². The first-order valence-corrected chi connectivity index (χ1v) is 8.84. The molecule has 30 heavy (non-hydrogen) atoms. The molecular formula is C19H15F2N7O2. The number of hydrogen-bond acceptors (Lipinski definition) is 6. The Morgan fingerprint density at radius 2 is 2.10 bits per heavy atom. The lowest BCUT2D eigenvalue weighted by molar-refractivity contribution is -0.0390. The quantitative estimate of drug-likeness (QED) is 0.531. The molecule has 1 aromatic carbocycles. The number of aromatic nitrogens is 6. The van der Waals surface area contributed by atoms with Crippen LogP contribution in [0, 0.1) is 23.0 Å². The monoisotopic (exact) mass is 411 g/mol. The van der Waals surface area contributed by atoms with E-state index in [0.29, 0.717) is 11.6 Å². The zero-order valence-corrected chi connectivity index (χ0v) is 15.6. The van der Waals surface area contributed by atoms with Crippen molar-refractivity contribution >= 4 is 5.52 Å². The summed E-state index contributed by atoms with van der Waals surface area (Å²) in [5, 5.41) is 28.7. The largest absolute Gasteiger partial charge is 0.381 e. The molecule has 0 aliphatic heterocycles. The average Bonchev–Trinajstić information content (AvgIpc) is 3.37. The molecule has 4 rings (SSSR count). The fraction of sp³-hybridized carbons (Fsp3) is 0.211. The van der Waals surface area contributed by atoms with Gasteiger partial charge in [0, 0.05) is 17.8 Å². The Balaban J connectivity index is 1.88. The highest BCUT2D eigenvalue weighted by molar-refractivity contribution is 5.51. The Morgan fingerprint density at radius 1 is 1.30 bits per heavy atom. The molecule has 3 aromatic heterocycles. The van der Waals surface area contributed by atoms with Crippen LogP contribution in [0.5, 0.6) is 0 Å². The number of nitriles is 1. The minimum absolute atomic E-state index is 0.231. The second kappa shape index (κ2) is 7.16. The summed E-state index contributed by atoms with van der Waals surface area (Å²) in [7, 11) is 0. The van der Waals surface area contributed by atoms with Crippen LogP contribution in [0.3, 0.4) is 0 Å². The predicted molar refractivity (Wildman–Crippen MR) is 99.2 cm³/mol. The highest BCUT2D eigenvalue weighted by atomic mass is 19.1. The van der Waals surface area contributed by atoms with Gasteiger partial charge in [-0.3, -0.25) is 4.40 Å². The second-order valence-electron chi connectivity index (χ2n) is 6.82. The van der Waals surface area contributed by atoms with E-state index in [1.165, 1.54) is 47.1 Å². The van der Waals surface area contributed by atoms with Crippen LogP contribution in [0.2, 0.25) is 0 Å². The maximum atomic E-state index is 14.7. The van der Waals surface area contributed by atoms with Crippen LogP contribution in [-0.2, 0) is 12.1 Å². The Morgan fingerprint density at radius 3 is 2.77 bits per heavy atom. The van der Waals surface area contributed by atoms with Gasteiger partial charge in [0.15, 0.2) is 0 Å². The van der Waals surface area contributed by atoms with E-state index in [-0.39, 0.29) is 17.7 Å². The highest BCUT2D eigenvalue weighted by Gasteiger charge is 2.41. The van der Waals surface area contributed by atoms with Crippen molar-refractivity contribution in [3.05, 3.63) is 82.6 Å². The maximum absolute atomic E-state index is 14.7. The van der Waals surface area contributed by atoms with Crippen molar-refractivity contribution in [1.82, 2.24) is 28.9 Å². The minimum Gasteiger partial charge on any atom is -0.381 e. The van der Waals surface area contributed by atoms with E-state index in [1.54, 1.807) is 0 Å². The zero-order valence-electron chi connectivity index (χ0n) is 15.6. The van der Waals surface area contributed by atoms with Gasteiger partial charge in [0.1, 0.15) is 36.0 Å². The summed E-state index contributed by atoms with van der Waals surface area (Å²) in [6, 6.07) is 5.11. The molecule has 0 aliphatic carbocycles. The van der Waals surface area contributed by atoms with E-state index in [1.807, 2.05) is 6.07 Å². The van der Waals surface area contributed by atoms with Crippen LogP contribution in [0.1, 0.15) is 24.1 Å². The summed E-state index contributed by atoms with van der Waals surface area (Å²) in [6.07, 6.45) is 5.27. The second-order valence-corrected chi connectivity index (χ2v) is 6.82. The van der Waals surface area contributed by atoms with Crippen molar-refractivity contribution in [2.45, 2.75) is 25.1 Å². The molecule has 0 radical (unpaired) electrons. The Kier molecular flexibility index (Phi) is 4.63. The molecule has 1 N–H and O–H groups in total. The van der Waals surface area contributed by atoms with Gasteiger partial charge in [0.2, 0.25) is 0 Å². The van der Waals surface area contributed by atoms with E-state index < -0.39 is 29.0 Å². The molecule has 11 heteroatoms. The van der Waals surface area contributed by atoms with Crippen LogP contribution < -0.4 is 5.69 Å². The third-order valence-corrected chi connectivity index (χ3v) is 5.02. The SMILES string of the molecule is CC(n1ncc2cc(C#N)cn2c1=O)C(O)(Cn1cncn1)c1ccc(F)cc1F. The van der Waals surface area contributed by atoms with Gasteiger partial charge in [-0.05, 0) is 19.1 Å². The van der Waals surface area contributed by atoms with Crippen LogP contribution in [0.15, 0.2) is 54.1 Å². The number of nitrogens with zero attached hydrogens (tertiary/aromatic N) is 7. The minimum atomic E-state index is -2.04. The summed E-state index contributed by atoms with van der Waals surface area (Å²) in [5.41, 5.74) is -2.25. The molecule has 0 saturated heterocycles. The summed E-state index contributed by atoms with van der Waals surface area (Å²) < 4.78 is 31.6. The third kappa shape index (κ3) is 3.13. The molecule has 0 bridgehead atoms. The zero-order chi connectivity index (χ0) is 21.5. The van der Waals surface area contributed by atoms with Crippen molar-refractivity contribution < 1.29 is 13.9 Å². The molecule has 4 aromatic rings. The summed E-state index contributed by atoms with van der Waals surface area (Å²) >= 11 is 0. The molecule has 0 fully saturated rings. The van der Waals surface area contributed by atoms with Gasteiger partial charge in [0.05, 0.1) is 29.9 Å². The van der Waals surface area contributed by atoms with E-state index in [9.17, 15) is 18.7 Å². The van der Waals surface area contributed by atoms with Crippen molar-refractivity contribution in [3.8, 4) is 6.07 Å². The van der Waals surface area contributed by atoms with Gasteiger partial charge < -0.3 is 5.11 Å². The fourth-order valence-corrected chi connectivity index (χ4v) is 3.40. The molecule has 9 nitrogen and oxygen atoms in total. The van der Waals surface area contributed by atoms with Gasteiger partial charge in [-0.15, -0.1) is 0 Å². The number of benzene rings is 1. The van der Waals surface area contributed by atoms with Gasteiger partial charge >= 0.3 is 5.69 Å². The lowest BCUT2D eigenvalue weighted by Gasteiger charge is -2.34. The smallest absolute Gasteiger partial charge is 0.349 e. The first kappa shape index (κ1) is 19.4. The van der Waals surface area contributed by atoms with Crippen molar-refractivity contribution in [3.63, 3.8) is 0 Å². The van der Waals surface area contributed by atoms with Gasteiger partial charge in [0.25, 0.3) is 0 Å². The third-order valence-electron chi connectivity index (χ3n) is 5.02.